The van der Waals surface area contributed by atoms with Gasteiger partial charge in [-0.1, -0.05) is 11.6 Å². The predicted molar refractivity (Wildman–Crippen MR) is 88.6 cm³/mol. The normalized spacial score (nSPS) is 10.9. The van der Waals surface area contributed by atoms with Crippen LogP contribution in [0, 0.1) is 0 Å². The van der Waals surface area contributed by atoms with Crippen LogP contribution in [-0.2, 0) is 6.54 Å². The first-order valence-electron chi connectivity index (χ1n) is 7.32. The Balaban J connectivity index is 1.67. The first-order chi connectivity index (χ1) is 11.2. The van der Waals surface area contributed by atoms with E-state index in [4.69, 9.17) is 25.5 Å². The molecule has 0 aliphatic heterocycles. The van der Waals surface area contributed by atoms with Gasteiger partial charge < -0.3 is 13.9 Å². The van der Waals surface area contributed by atoms with Crippen LogP contribution in [0.15, 0.2) is 51.7 Å². The first-order valence-corrected chi connectivity index (χ1v) is 7.69. The molecule has 23 heavy (non-hydrogen) atoms. The summed E-state index contributed by atoms with van der Waals surface area (Å²) in [5, 5.41) is 0.532. The van der Waals surface area contributed by atoms with E-state index in [2.05, 4.69) is 0 Å². The number of benzene rings is 2. The minimum Gasteiger partial charge on any atom is -0.494 e. The van der Waals surface area contributed by atoms with Crippen LogP contribution < -0.4 is 15.2 Å². The van der Waals surface area contributed by atoms with Gasteiger partial charge in [-0.15, -0.1) is 0 Å². The third kappa shape index (κ3) is 3.51. The molecule has 0 atom stereocenters. The maximum atomic E-state index is 11.9. The summed E-state index contributed by atoms with van der Waals surface area (Å²) in [4.78, 5) is 11.9. The summed E-state index contributed by atoms with van der Waals surface area (Å²) in [6.07, 6.45) is 0. The topological polar surface area (TPSA) is 53.6 Å². The number of ether oxygens (including phenoxy) is 2. The Kier molecular flexibility index (Phi) is 4.57. The highest BCUT2D eigenvalue weighted by Crippen LogP contribution is 2.19. The molecule has 120 valence electrons. The van der Waals surface area contributed by atoms with Gasteiger partial charge in [0.1, 0.15) is 18.1 Å². The van der Waals surface area contributed by atoms with E-state index in [0.29, 0.717) is 35.9 Å². The molecule has 0 saturated heterocycles. The molecule has 0 unspecified atom stereocenters. The molecule has 0 amide bonds. The highest BCUT2D eigenvalue weighted by atomic mass is 35.5. The number of oxazole rings is 1. The van der Waals surface area contributed by atoms with Crippen molar-refractivity contribution in [3.05, 3.63) is 58.0 Å². The zero-order valence-corrected chi connectivity index (χ0v) is 13.4. The van der Waals surface area contributed by atoms with Gasteiger partial charge in [-0.3, -0.25) is 4.57 Å². The van der Waals surface area contributed by atoms with E-state index < -0.39 is 5.76 Å². The highest BCUT2D eigenvalue weighted by Gasteiger charge is 2.09. The lowest BCUT2D eigenvalue weighted by molar-refractivity contribution is 0.293. The maximum Gasteiger partial charge on any atom is 0.420 e. The predicted octanol–water partition coefficient (Wildman–Crippen LogP) is 3.73. The Labute approximate surface area is 138 Å². The fourth-order valence-corrected chi connectivity index (χ4v) is 2.47. The highest BCUT2D eigenvalue weighted by molar-refractivity contribution is 6.31. The van der Waals surface area contributed by atoms with Gasteiger partial charge in [0, 0.05) is 11.1 Å². The van der Waals surface area contributed by atoms with Gasteiger partial charge in [-0.05, 0) is 43.3 Å². The van der Waals surface area contributed by atoms with Crippen molar-refractivity contribution in [3.63, 3.8) is 0 Å². The second kappa shape index (κ2) is 6.79. The molecule has 0 N–H and O–H groups in total. The van der Waals surface area contributed by atoms with Crippen molar-refractivity contribution in [1.82, 2.24) is 4.57 Å². The van der Waals surface area contributed by atoms with Crippen molar-refractivity contribution in [3.8, 4) is 11.5 Å². The summed E-state index contributed by atoms with van der Waals surface area (Å²) in [5.41, 5.74) is 1.18. The van der Waals surface area contributed by atoms with Crippen molar-refractivity contribution in [2.24, 2.45) is 0 Å². The maximum absolute atomic E-state index is 11.9. The minimum atomic E-state index is -0.419. The van der Waals surface area contributed by atoms with Crippen molar-refractivity contribution in [1.29, 1.82) is 0 Å². The van der Waals surface area contributed by atoms with Crippen LogP contribution in [-0.4, -0.2) is 17.8 Å². The Bertz CT molecular complexity index is 851. The zero-order valence-electron chi connectivity index (χ0n) is 12.6. The second-order valence-electron chi connectivity index (χ2n) is 4.88. The van der Waals surface area contributed by atoms with E-state index in [9.17, 15) is 4.79 Å². The van der Waals surface area contributed by atoms with Crippen LogP contribution in [0.1, 0.15) is 6.92 Å². The number of hydrogen-bond donors (Lipinski definition) is 0. The van der Waals surface area contributed by atoms with Gasteiger partial charge in [0.25, 0.3) is 0 Å². The van der Waals surface area contributed by atoms with E-state index in [-0.39, 0.29) is 0 Å². The van der Waals surface area contributed by atoms with Crippen LogP contribution in [0.4, 0.5) is 0 Å². The SMILES string of the molecule is CCOc1ccc(OCCn2c(=O)oc3cc(Cl)ccc32)cc1. The molecule has 0 aliphatic rings. The van der Waals surface area contributed by atoms with E-state index in [0.717, 1.165) is 11.5 Å². The second-order valence-corrected chi connectivity index (χ2v) is 5.32. The van der Waals surface area contributed by atoms with E-state index in [1.54, 1.807) is 18.2 Å². The van der Waals surface area contributed by atoms with E-state index in [1.165, 1.54) is 4.57 Å². The number of nitrogens with zero attached hydrogens (tertiary/aromatic N) is 1. The smallest absolute Gasteiger partial charge is 0.420 e. The van der Waals surface area contributed by atoms with Crippen molar-refractivity contribution < 1.29 is 13.9 Å². The minimum absolute atomic E-state index is 0.352. The summed E-state index contributed by atoms with van der Waals surface area (Å²) >= 11 is 5.89. The molecule has 0 saturated carbocycles. The quantitative estimate of drug-likeness (QED) is 0.689. The largest absolute Gasteiger partial charge is 0.494 e. The summed E-state index contributed by atoms with van der Waals surface area (Å²) in [5.74, 6) is 1.10. The van der Waals surface area contributed by atoms with Gasteiger partial charge in [0.05, 0.1) is 18.7 Å². The molecule has 1 aromatic heterocycles. The average molecular weight is 334 g/mol. The first kappa shape index (κ1) is 15.5. The number of halogens is 1. The number of fused-ring (bicyclic) bond motifs is 1. The van der Waals surface area contributed by atoms with Crippen LogP contribution >= 0.6 is 11.6 Å². The fraction of sp³-hybridized carbons (Fsp3) is 0.235. The van der Waals surface area contributed by atoms with Gasteiger partial charge in [0.2, 0.25) is 0 Å². The summed E-state index contributed by atoms with van der Waals surface area (Å²) in [6.45, 7) is 3.30. The van der Waals surface area contributed by atoms with Gasteiger partial charge in [-0.25, -0.2) is 4.79 Å². The van der Waals surface area contributed by atoms with Crippen molar-refractivity contribution >= 4 is 22.7 Å². The van der Waals surface area contributed by atoms with Crippen molar-refractivity contribution in [2.75, 3.05) is 13.2 Å². The Morgan fingerprint density at radius 2 is 1.78 bits per heavy atom. The van der Waals surface area contributed by atoms with Gasteiger partial charge in [-0.2, -0.15) is 0 Å². The van der Waals surface area contributed by atoms with Crippen LogP contribution in [0.3, 0.4) is 0 Å². The molecular formula is C17H16ClNO4. The molecule has 6 heteroatoms. The summed E-state index contributed by atoms with van der Waals surface area (Å²) < 4.78 is 17.7. The lowest BCUT2D eigenvalue weighted by Gasteiger charge is -2.08. The third-order valence-electron chi connectivity index (χ3n) is 3.35. The number of hydrogen-bond acceptors (Lipinski definition) is 4. The molecule has 0 spiro atoms. The lowest BCUT2D eigenvalue weighted by Crippen LogP contribution is -2.18. The summed E-state index contributed by atoms with van der Waals surface area (Å²) in [6, 6.07) is 12.5. The fourth-order valence-electron chi connectivity index (χ4n) is 2.31. The molecule has 0 radical (unpaired) electrons. The molecule has 3 rings (SSSR count). The zero-order chi connectivity index (χ0) is 16.2. The Hall–Kier alpha value is -2.40. The van der Waals surface area contributed by atoms with E-state index in [1.807, 2.05) is 31.2 Å². The van der Waals surface area contributed by atoms with Gasteiger partial charge in [0.15, 0.2) is 5.58 Å². The molecule has 2 aromatic carbocycles. The Morgan fingerprint density at radius 1 is 1.09 bits per heavy atom. The Morgan fingerprint density at radius 3 is 2.48 bits per heavy atom. The van der Waals surface area contributed by atoms with Crippen molar-refractivity contribution in [2.45, 2.75) is 13.5 Å². The summed E-state index contributed by atoms with van der Waals surface area (Å²) in [7, 11) is 0. The molecule has 0 aliphatic carbocycles. The standard InChI is InChI=1S/C17H16ClNO4/c1-2-21-13-4-6-14(7-5-13)22-10-9-19-15-8-3-12(18)11-16(15)23-17(19)20/h3-8,11H,2,9-10H2,1H3. The monoisotopic (exact) mass is 333 g/mol. The van der Waals surface area contributed by atoms with Crippen LogP contribution in [0.2, 0.25) is 5.02 Å². The van der Waals surface area contributed by atoms with Gasteiger partial charge >= 0.3 is 5.76 Å². The molecule has 0 bridgehead atoms. The van der Waals surface area contributed by atoms with E-state index >= 15 is 0 Å². The van der Waals surface area contributed by atoms with Crippen LogP contribution in [0.5, 0.6) is 11.5 Å². The molecule has 5 nitrogen and oxygen atoms in total. The molecule has 1 heterocycles. The van der Waals surface area contributed by atoms with Crippen LogP contribution in [0.25, 0.3) is 11.1 Å². The molecule has 3 aromatic rings. The average Bonchev–Trinajstić information content (AvgIpc) is 2.84. The molecular weight excluding hydrogens is 318 g/mol. The molecule has 0 fully saturated rings. The number of aromatic nitrogens is 1. The lowest BCUT2D eigenvalue weighted by atomic mass is 10.3. The number of rotatable bonds is 6. The third-order valence-corrected chi connectivity index (χ3v) is 3.58.